The molecule has 0 spiro atoms. The second kappa shape index (κ2) is 14.1. The number of nitrogens with two attached hydrogens (primary N) is 1. The van der Waals surface area contributed by atoms with Crippen LogP contribution >= 0.6 is 0 Å². The van der Waals surface area contributed by atoms with Crippen LogP contribution in [-0.2, 0) is 11.2 Å². The number of carboxylic acid groups (broad SMARTS) is 1. The quantitative estimate of drug-likeness (QED) is 0.294. The van der Waals surface area contributed by atoms with Crippen LogP contribution in [-0.4, -0.2) is 52.1 Å². The van der Waals surface area contributed by atoms with Gasteiger partial charge < -0.3 is 15.3 Å². The molecular weight excluding hydrogens is 296 g/mol. The first-order valence-corrected chi connectivity index (χ1v) is 8.06. The third-order valence-corrected chi connectivity index (χ3v) is 3.34. The molecule has 1 aromatic rings. The highest BCUT2D eigenvalue weighted by Gasteiger charge is 2.21. The second-order valence-corrected chi connectivity index (χ2v) is 5.29. The SMILES string of the molecule is CCCCCN(N)C(CO)C(=O)O.OCCCc1ccccc1. The van der Waals surface area contributed by atoms with Crippen LogP contribution in [0.2, 0.25) is 0 Å². The average molecular weight is 326 g/mol. The molecule has 0 aliphatic heterocycles. The molecule has 0 aliphatic rings. The Morgan fingerprint density at radius 3 is 2.30 bits per heavy atom. The Morgan fingerprint density at radius 1 is 1.17 bits per heavy atom. The van der Waals surface area contributed by atoms with Crippen LogP contribution in [0.5, 0.6) is 0 Å². The van der Waals surface area contributed by atoms with E-state index in [4.69, 9.17) is 21.2 Å². The van der Waals surface area contributed by atoms with Gasteiger partial charge in [-0.15, -0.1) is 0 Å². The van der Waals surface area contributed by atoms with Gasteiger partial charge in [0.25, 0.3) is 0 Å². The lowest BCUT2D eigenvalue weighted by molar-refractivity contribution is -0.145. The summed E-state index contributed by atoms with van der Waals surface area (Å²) in [4.78, 5) is 10.5. The van der Waals surface area contributed by atoms with Gasteiger partial charge in [-0.25, -0.2) is 5.01 Å². The van der Waals surface area contributed by atoms with Gasteiger partial charge in [0.15, 0.2) is 0 Å². The van der Waals surface area contributed by atoms with Crippen molar-refractivity contribution in [2.45, 2.75) is 45.1 Å². The van der Waals surface area contributed by atoms with Crippen LogP contribution < -0.4 is 5.84 Å². The third kappa shape index (κ3) is 10.8. The molecule has 0 fully saturated rings. The first-order chi connectivity index (χ1) is 11.1. The molecule has 1 aromatic carbocycles. The molecule has 5 N–H and O–H groups in total. The Bertz CT molecular complexity index is 401. The highest BCUT2D eigenvalue weighted by molar-refractivity contribution is 5.73. The zero-order chi connectivity index (χ0) is 17.5. The van der Waals surface area contributed by atoms with Crippen molar-refractivity contribution in [1.82, 2.24) is 5.01 Å². The molecule has 0 aromatic heterocycles. The van der Waals surface area contributed by atoms with Crippen LogP contribution in [0, 0.1) is 0 Å². The van der Waals surface area contributed by atoms with Crippen LogP contribution in [0.15, 0.2) is 30.3 Å². The van der Waals surface area contributed by atoms with Gasteiger partial charge in [-0.2, -0.15) is 0 Å². The number of aliphatic hydroxyl groups excluding tert-OH is 2. The minimum Gasteiger partial charge on any atom is -0.480 e. The number of unbranched alkanes of at least 4 members (excludes halogenated alkanes) is 2. The summed E-state index contributed by atoms with van der Waals surface area (Å²) in [6.07, 6.45) is 4.79. The number of carboxylic acids is 1. The molecule has 0 amide bonds. The number of aliphatic hydroxyl groups is 2. The fourth-order valence-electron chi connectivity index (χ4n) is 1.95. The Hall–Kier alpha value is -1.47. The van der Waals surface area contributed by atoms with E-state index in [2.05, 4.69) is 19.1 Å². The number of aryl methyl sites for hydroxylation is 1. The monoisotopic (exact) mass is 326 g/mol. The van der Waals surface area contributed by atoms with Gasteiger partial charge in [-0.1, -0.05) is 50.1 Å². The first-order valence-electron chi connectivity index (χ1n) is 8.06. The molecule has 1 rings (SSSR count). The van der Waals surface area contributed by atoms with Gasteiger partial charge in [0, 0.05) is 13.2 Å². The molecular formula is C17H30N2O4. The molecule has 0 saturated heterocycles. The number of hydrogen-bond acceptors (Lipinski definition) is 5. The van der Waals surface area contributed by atoms with E-state index in [1.807, 2.05) is 18.2 Å². The molecule has 1 atom stereocenters. The lowest BCUT2D eigenvalue weighted by atomic mass is 10.1. The minimum atomic E-state index is -1.08. The second-order valence-electron chi connectivity index (χ2n) is 5.29. The highest BCUT2D eigenvalue weighted by Crippen LogP contribution is 2.01. The van der Waals surface area contributed by atoms with E-state index in [0.29, 0.717) is 6.54 Å². The lowest BCUT2D eigenvalue weighted by Gasteiger charge is -2.21. The van der Waals surface area contributed by atoms with E-state index in [1.54, 1.807) is 0 Å². The number of benzene rings is 1. The predicted molar refractivity (Wildman–Crippen MR) is 90.8 cm³/mol. The normalized spacial score (nSPS) is 11.7. The maximum absolute atomic E-state index is 10.5. The van der Waals surface area contributed by atoms with E-state index >= 15 is 0 Å². The maximum Gasteiger partial charge on any atom is 0.324 e. The van der Waals surface area contributed by atoms with E-state index in [-0.39, 0.29) is 6.61 Å². The van der Waals surface area contributed by atoms with Gasteiger partial charge in [0.1, 0.15) is 6.04 Å². The number of rotatable bonds is 10. The van der Waals surface area contributed by atoms with Crippen LogP contribution in [0.1, 0.15) is 38.2 Å². The fourth-order valence-corrected chi connectivity index (χ4v) is 1.95. The summed E-state index contributed by atoms with van der Waals surface area (Å²) in [6, 6.07) is 9.23. The van der Waals surface area contributed by atoms with Gasteiger partial charge in [-0.05, 0) is 24.8 Å². The molecule has 23 heavy (non-hydrogen) atoms. The number of hydrazine groups is 1. The lowest BCUT2D eigenvalue weighted by Crippen LogP contribution is -2.48. The van der Waals surface area contributed by atoms with E-state index in [0.717, 1.165) is 32.1 Å². The van der Waals surface area contributed by atoms with Crippen molar-refractivity contribution >= 4 is 5.97 Å². The smallest absolute Gasteiger partial charge is 0.324 e. The molecule has 0 aliphatic carbocycles. The summed E-state index contributed by atoms with van der Waals surface area (Å²) in [7, 11) is 0. The zero-order valence-corrected chi connectivity index (χ0v) is 13.9. The number of nitrogens with zero attached hydrogens (tertiary/aromatic N) is 1. The Balaban J connectivity index is 0.000000433. The summed E-state index contributed by atoms with van der Waals surface area (Å²) in [5, 5.41) is 27.0. The molecule has 0 bridgehead atoms. The molecule has 6 heteroatoms. The molecule has 1 unspecified atom stereocenters. The summed E-state index contributed by atoms with van der Waals surface area (Å²) in [6.45, 7) is 2.40. The van der Waals surface area contributed by atoms with Crippen molar-refractivity contribution < 1.29 is 20.1 Å². The standard InChI is InChI=1S/C9H12O.C8H18N2O3/c10-8-4-7-9-5-2-1-3-6-9;1-2-3-4-5-10(9)7(6-11)8(12)13/h1-3,5-6,10H,4,7-8H2;7,11H,2-6,9H2,1H3,(H,12,13). The van der Waals surface area contributed by atoms with E-state index < -0.39 is 18.6 Å². The summed E-state index contributed by atoms with van der Waals surface area (Å²) < 4.78 is 0. The number of carbonyl (C=O) groups is 1. The molecule has 0 saturated carbocycles. The van der Waals surface area contributed by atoms with Crippen molar-refractivity contribution in [3.63, 3.8) is 0 Å². The van der Waals surface area contributed by atoms with Crippen molar-refractivity contribution in [2.75, 3.05) is 19.8 Å². The molecule has 132 valence electrons. The maximum atomic E-state index is 10.5. The Kier molecular flexibility index (Phi) is 13.2. The summed E-state index contributed by atoms with van der Waals surface area (Å²) in [5.74, 6) is 4.38. The fraction of sp³-hybridized carbons (Fsp3) is 0.588. The van der Waals surface area contributed by atoms with E-state index in [9.17, 15) is 4.79 Å². The van der Waals surface area contributed by atoms with Gasteiger partial charge >= 0.3 is 5.97 Å². The predicted octanol–water partition coefficient (Wildman–Crippen LogP) is 1.41. The van der Waals surface area contributed by atoms with Crippen molar-refractivity contribution in [3.8, 4) is 0 Å². The Labute approximate surface area is 138 Å². The topological polar surface area (TPSA) is 107 Å². The first kappa shape index (κ1) is 21.5. The van der Waals surface area contributed by atoms with Gasteiger partial charge in [0.05, 0.1) is 6.61 Å². The van der Waals surface area contributed by atoms with Crippen molar-refractivity contribution in [2.24, 2.45) is 5.84 Å². The molecule has 6 nitrogen and oxygen atoms in total. The van der Waals surface area contributed by atoms with Gasteiger partial charge in [0.2, 0.25) is 0 Å². The Morgan fingerprint density at radius 2 is 1.83 bits per heavy atom. The highest BCUT2D eigenvalue weighted by atomic mass is 16.4. The largest absolute Gasteiger partial charge is 0.480 e. The summed E-state index contributed by atoms with van der Waals surface area (Å²) >= 11 is 0. The molecule has 0 heterocycles. The summed E-state index contributed by atoms with van der Waals surface area (Å²) in [5.41, 5.74) is 1.30. The van der Waals surface area contributed by atoms with Crippen molar-refractivity contribution in [3.05, 3.63) is 35.9 Å². The minimum absolute atomic E-state index is 0.287. The zero-order valence-electron chi connectivity index (χ0n) is 13.9. The average Bonchev–Trinajstić information content (AvgIpc) is 2.55. The third-order valence-electron chi connectivity index (χ3n) is 3.34. The number of aliphatic carboxylic acids is 1. The van der Waals surface area contributed by atoms with Crippen LogP contribution in [0.25, 0.3) is 0 Å². The van der Waals surface area contributed by atoms with Crippen LogP contribution in [0.4, 0.5) is 0 Å². The van der Waals surface area contributed by atoms with Crippen LogP contribution in [0.3, 0.4) is 0 Å². The van der Waals surface area contributed by atoms with E-state index in [1.165, 1.54) is 10.6 Å². The van der Waals surface area contributed by atoms with Crippen molar-refractivity contribution in [1.29, 1.82) is 0 Å². The number of hydrogen-bond donors (Lipinski definition) is 4. The van der Waals surface area contributed by atoms with Gasteiger partial charge in [-0.3, -0.25) is 10.6 Å². The molecule has 0 radical (unpaired) electrons.